The van der Waals surface area contributed by atoms with Crippen LogP contribution < -0.4 is 15.6 Å². The first-order valence-corrected chi connectivity index (χ1v) is 7.11. The van der Waals surface area contributed by atoms with E-state index in [9.17, 15) is 14.0 Å². The molecule has 0 spiro atoms. The van der Waals surface area contributed by atoms with Crippen LogP contribution in [-0.2, 0) is 16.0 Å². The molecule has 0 fully saturated rings. The number of hydrazine groups is 1. The Morgan fingerprint density at radius 2 is 1.57 bits per heavy atom. The molecule has 2 amide bonds. The molecule has 2 N–H and O–H groups in total. The van der Waals surface area contributed by atoms with Crippen molar-refractivity contribution in [1.29, 1.82) is 0 Å². The van der Waals surface area contributed by atoms with Gasteiger partial charge in [-0.15, -0.1) is 0 Å². The van der Waals surface area contributed by atoms with E-state index in [-0.39, 0.29) is 18.9 Å². The van der Waals surface area contributed by atoms with Gasteiger partial charge in [-0.3, -0.25) is 20.4 Å². The molecule has 0 saturated heterocycles. The van der Waals surface area contributed by atoms with Gasteiger partial charge in [-0.25, -0.2) is 4.39 Å². The summed E-state index contributed by atoms with van der Waals surface area (Å²) in [6, 6.07) is 12.1. The molecule has 0 aromatic heterocycles. The number of nitrogens with one attached hydrogen (secondary N) is 2. The fourth-order valence-electron chi connectivity index (χ4n) is 1.69. The van der Waals surface area contributed by atoms with Crippen molar-refractivity contribution in [3.05, 3.63) is 64.9 Å². The van der Waals surface area contributed by atoms with Crippen molar-refractivity contribution in [2.45, 2.75) is 6.42 Å². The first-order valence-electron chi connectivity index (χ1n) is 6.73. The summed E-state index contributed by atoms with van der Waals surface area (Å²) in [4.78, 5) is 23.2. The minimum Gasteiger partial charge on any atom is -0.484 e. The number of ether oxygens (including phenoxy) is 1. The van der Waals surface area contributed by atoms with Crippen LogP contribution in [-0.4, -0.2) is 18.4 Å². The number of hydrogen-bond donors (Lipinski definition) is 2. The van der Waals surface area contributed by atoms with E-state index < -0.39 is 11.7 Å². The zero-order valence-electron chi connectivity index (χ0n) is 12.0. The van der Waals surface area contributed by atoms with Crippen molar-refractivity contribution in [1.82, 2.24) is 10.9 Å². The molecule has 0 aliphatic carbocycles. The monoisotopic (exact) mass is 336 g/mol. The van der Waals surface area contributed by atoms with Crippen LogP contribution in [0.4, 0.5) is 4.39 Å². The summed E-state index contributed by atoms with van der Waals surface area (Å²) in [7, 11) is 0. The van der Waals surface area contributed by atoms with Crippen LogP contribution in [0.2, 0.25) is 5.02 Å². The molecule has 0 heterocycles. The Morgan fingerprint density at radius 1 is 0.957 bits per heavy atom. The van der Waals surface area contributed by atoms with E-state index in [0.717, 1.165) is 5.56 Å². The molecular formula is C16H14ClFN2O3. The lowest BCUT2D eigenvalue weighted by Gasteiger charge is -2.09. The molecule has 2 aromatic carbocycles. The first-order chi connectivity index (χ1) is 11.0. The Hall–Kier alpha value is -2.60. The Labute approximate surface area is 137 Å². The van der Waals surface area contributed by atoms with Crippen LogP contribution in [0.25, 0.3) is 0 Å². The van der Waals surface area contributed by atoms with Crippen molar-refractivity contribution in [3.8, 4) is 5.75 Å². The smallest absolute Gasteiger partial charge is 0.276 e. The van der Waals surface area contributed by atoms with Gasteiger partial charge >= 0.3 is 0 Å². The predicted octanol–water partition coefficient (Wildman–Crippen LogP) is 2.25. The molecule has 0 aliphatic heterocycles. The summed E-state index contributed by atoms with van der Waals surface area (Å²) < 4.78 is 17.8. The number of carbonyl (C=O) groups excluding carboxylic acids is 2. The highest BCUT2D eigenvalue weighted by Crippen LogP contribution is 2.11. The molecule has 120 valence electrons. The van der Waals surface area contributed by atoms with Crippen LogP contribution in [0.1, 0.15) is 5.56 Å². The van der Waals surface area contributed by atoms with Gasteiger partial charge in [0, 0.05) is 5.02 Å². The summed E-state index contributed by atoms with van der Waals surface area (Å²) in [6.07, 6.45) is 0.107. The molecule has 2 rings (SSSR count). The number of carbonyl (C=O) groups is 2. The summed E-state index contributed by atoms with van der Waals surface area (Å²) in [5.41, 5.74) is 5.28. The first kappa shape index (κ1) is 16.8. The summed E-state index contributed by atoms with van der Waals surface area (Å²) >= 11 is 5.75. The summed E-state index contributed by atoms with van der Waals surface area (Å²) in [5, 5.41) is 0.584. The number of hydrogen-bond acceptors (Lipinski definition) is 3. The van der Waals surface area contributed by atoms with Gasteiger partial charge in [0.2, 0.25) is 5.91 Å². The van der Waals surface area contributed by atoms with Crippen LogP contribution >= 0.6 is 11.6 Å². The second-order valence-electron chi connectivity index (χ2n) is 4.64. The number of halogens is 2. The van der Waals surface area contributed by atoms with Crippen LogP contribution in [0.15, 0.2) is 48.5 Å². The quantitative estimate of drug-likeness (QED) is 0.823. The average molecular weight is 337 g/mol. The minimum atomic E-state index is -0.529. The highest BCUT2D eigenvalue weighted by molar-refractivity contribution is 6.30. The molecule has 0 aliphatic rings. The topological polar surface area (TPSA) is 67.4 Å². The molecule has 0 unspecified atom stereocenters. The molecule has 2 aromatic rings. The normalized spacial score (nSPS) is 10.0. The second-order valence-corrected chi connectivity index (χ2v) is 5.08. The van der Waals surface area contributed by atoms with Gasteiger partial charge in [-0.05, 0) is 42.0 Å². The number of rotatable bonds is 5. The SMILES string of the molecule is O=C(COc1ccc(F)cc1)NNC(=O)Cc1ccc(Cl)cc1. The maximum Gasteiger partial charge on any atom is 0.276 e. The lowest BCUT2D eigenvalue weighted by atomic mass is 10.1. The highest BCUT2D eigenvalue weighted by Gasteiger charge is 2.07. The van der Waals surface area contributed by atoms with Gasteiger partial charge in [-0.2, -0.15) is 0 Å². The Balaban J connectivity index is 1.70. The zero-order chi connectivity index (χ0) is 16.7. The van der Waals surface area contributed by atoms with E-state index in [1.54, 1.807) is 24.3 Å². The van der Waals surface area contributed by atoms with Gasteiger partial charge in [0.1, 0.15) is 11.6 Å². The van der Waals surface area contributed by atoms with E-state index in [1.807, 2.05) is 0 Å². The zero-order valence-corrected chi connectivity index (χ0v) is 12.8. The molecule has 7 heteroatoms. The second kappa shape index (κ2) is 8.14. The van der Waals surface area contributed by atoms with Gasteiger partial charge < -0.3 is 4.74 Å². The maximum absolute atomic E-state index is 12.7. The Bertz CT molecular complexity index is 675. The van der Waals surface area contributed by atoms with E-state index >= 15 is 0 Å². The molecular weight excluding hydrogens is 323 g/mol. The van der Waals surface area contributed by atoms with Crippen LogP contribution in [0, 0.1) is 5.82 Å². The van der Waals surface area contributed by atoms with E-state index in [4.69, 9.17) is 16.3 Å². The summed E-state index contributed by atoms with van der Waals surface area (Å²) in [6.45, 7) is -0.299. The van der Waals surface area contributed by atoms with E-state index in [2.05, 4.69) is 10.9 Å². The van der Waals surface area contributed by atoms with E-state index in [1.165, 1.54) is 24.3 Å². The Kier molecular flexibility index (Phi) is 5.94. The standard InChI is InChI=1S/C16H14ClFN2O3/c17-12-3-1-11(2-4-12)9-15(21)19-20-16(22)10-23-14-7-5-13(18)6-8-14/h1-8H,9-10H2,(H,19,21)(H,20,22). The minimum absolute atomic E-state index is 0.107. The number of amides is 2. The van der Waals surface area contributed by atoms with Crippen molar-refractivity contribution in [3.63, 3.8) is 0 Å². The molecule has 0 radical (unpaired) electrons. The van der Waals surface area contributed by atoms with Crippen molar-refractivity contribution in [2.24, 2.45) is 0 Å². The molecule has 0 atom stereocenters. The van der Waals surface area contributed by atoms with Crippen LogP contribution in [0.3, 0.4) is 0 Å². The summed E-state index contributed by atoms with van der Waals surface area (Å²) in [5.74, 6) is -0.938. The lowest BCUT2D eigenvalue weighted by Crippen LogP contribution is -2.44. The van der Waals surface area contributed by atoms with Gasteiger partial charge in [0.25, 0.3) is 5.91 Å². The van der Waals surface area contributed by atoms with Crippen molar-refractivity contribution < 1.29 is 18.7 Å². The third-order valence-corrected chi connectivity index (χ3v) is 3.05. The van der Waals surface area contributed by atoms with E-state index in [0.29, 0.717) is 10.8 Å². The third kappa shape index (κ3) is 5.96. The van der Waals surface area contributed by atoms with Crippen LogP contribution in [0.5, 0.6) is 5.75 Å². The van der Waals surface area contributed by atoms with Gasteiger partial charge in [0.05, 0.1) is 6.42 Å². The third-order valence-electron chi connectivity index (χ3n) is 2.80. The molecule has 5 nitrogen and oxygen atoms in total. The average Bonchev–Trinajstić information content (AvgIpc) is 2.54. The Morgan fingerprint density at radius 3 is 2.22 bits per heavy atom. The van der Waals surface area contributed by atoms with Gasteiger partial charge in [-0.1, -0.05) is 23.7 Å². The predicted molar refractivity (Wildman–Crippen MR) is 83.3 cm³/mol. The van der Waals surface area contributed by atoms with Crippen molar-refractivity contribution >= 4 is 23.4 Å². The molecule has 0 bridgehead atoms. The largest absolute Gasteiger partial charge is 0.484 e. The molecule has 0 saturated carbocycles. The lowest BCUT2D eigenvalue weighted by molar-refractivity contribution is -0.129. The van der Waals surface area contributed by atoms with Gasteiger partial charge in [0.15, 0.2) is 6.61 Å². The highest BCUT2D eigenvalue weighted by atomic mass is 35.5. The number of benzene rings is 2. The molecule has 23 heavy (non-hydrogen) atoms. The maximum atomic E-state index is 12.7. The fraction of sp³-hybridized carbons (Fsp3) is 0.125. The van der Waals surface area contributed by atoms with Crippen molar-refractivity contribution in [2.75, 3.05) is 6.61 Å². The fourth-order valence-corrected chi connectivity index (χ4v) is 1.81.